The Bertz CT molecular complexity index is 212. The summed E-state index contributed by atoms with van der Waals surface area (Å²) in [6, 6.07) is 0. The largest absolute Gasteiger partial charge is 0.388 e. The first-order valence-electron chi connectivity index (χ1n) is 6.59. The Balaban J connectivity index is -0.000000301. The predicted octanol–water partition coefficient (Wildman–Crippen LogP) is 2.69. The third kappa shape index (κ3) is 26.2. The quantitative estimate of drug-likeness (QED) is 0.348. The summed E-state index contributed by atoms with van der Waals surface area (Å²) in [5.74, 6) is 0. The molecular formula is C18H42O6. The second-order valence-electron chi connectivity index (χ2n) is 4.11. The summed E-state index contributed by atoms with van der Waals surface area (Å²) in [6.45, 7) is 9.32. The zero-order chi connectivity index (χ0) is 15.1. The minimum atomic E-state index is -0.659. The third-order valence-electron chi connectivity index (χ3n) is 2.08. The van der Waals surface area contributed by atoms with Crippen molar-refractivity contribution < 1.29 is 29.2 Å². The highest BCUT2D eigenvalue weighted by molar-refractivity contribution is 4.65. The first-order valence-corrected chi connectivity index (χ1v) is 6.59. The topological polar surface area (TPSA) is 77.4 Å². The lowest BCUT2D eigenvalue weighted by Crippen LogP contribution is -2.25. The van der Waals surface area contributed by atoms with Gasteiger partial charge >= 0.3 is 0 Å². The van der Waals surface area contributed by atoms with Crippen LogP contribution >= 0.6 is 0 Å². The van der Waals surface area contributed by atoms with Crippen molar-refractivity contribution in [2.24, 2.45) is 0 Å². The van der Waals surface area contributed by atoms with Crippen LogP contribution in [0.4, 0.5) is 0 Å². The molecule has 0 fully saturated rings. The number of hydrogen-bond donors (Lipinski definition) is 2. The molecule has 0 amide bonds. The van der Waals surface area contributed by atoms with Crippen molar-refractivity contribution in [1.29, 1.82) is 0 Å². The average Bonchev–Trinajstić information content (AvgIpc) is 2.43. The predicted molar refractivity (Wildman–Crippen MR) is 103 cm³/mol. The number of hydrogen-bond acceptors (Lipinski definition) is 6. The molecule has 0 aromatic heterocycles. The molecule has 0 aliphatic heterocycles. The van der Waals surface area contributed by atoms with Crippen molar-refractivity contribution in [1.82, 2.24) is 0 Å². The van der Waals surface area contributed by atoms with Gasteiger partial charge in [0.1, 0.15) is 12.2 Å². The highest BCUT2D eigenvalue weighted by Crippen LogP contribution is 1.91. The van der Waals surface area contributed by atoms with Crippen LogP contribution in [0.1, 0.15) is 29.7 Å². The van der Waals surface area contributed by atoms with Crippen LogP contribution in [0.15, 0.2) is 25.3 Å². The molecule has 6 heteroatoms. The number of rotatable bonds is 15. The highest BCUT2D eigenvalue weighted by Gasteiger charge is 2.05. The lowest BCUT2D eigenvalue weighted by atomic mass is 10.4. The first kappa shape index (κ1) is 34.6. The van der Waals surface area contributed by atoms with Crippen LogP contribution < -0.4 is 0 Å². The molecule has 0 aliphatic carbocycles. The van der Waals surface area contributed by atoms with Crippen molar-refractivity contribution in [2.45, 2.75) is 41.9 Å². The molecule has 2 N–H and O–H groups in total. The van der Waals surface area contributed by atoms with E-state index in [1.807, 2.05) is 0 Å². The lowest BCUT2D eigenvalue weighted by Gasteiger charge is -2.13. The fraction of sp³-hybridized carbons (Fsp3) is 0.778. The van der Waals surface area contributed by atoms with Gasteiger partial charge in [0.05, 0.1) is 52.9 Å². The molecule has 150 valence electrons. The average molecular weight is 355 g/mol. The molecule has 0 rings (SSSR count). The van der Waals surface area contributed by atoms with Crippen LogP contribution in [-0.4, -0.2) is 75.3 Å². The molecule has 0 aromatic carbocycles. The smallest absolute Gasteiger partial charge is 0.101 e. The molecule has 0 radical (unpaired) electrons. The van der Waals surface area contributed by atoms with E-state index in [0.29, 0.717) is 26.4 Å². The van der Waals surface area contributed by atoms with Gasteiger partial charge in [-0.15, -0.1) is 13.2 Å². The maximum absolute atomic E-state index is 9.45. The van der Waals surface area contributed by atoms with Gasteiger partial charge in [-0.1, -0.05) is 41.9 Å². The second-order valence-corrected chi connectivity index (χ2v) is 4.11. The summed E-state index contributed by atoms with van der Waals surface area (Å²) in [5.41, 5.74) is 0. The molecule has 0 aromatic rings. The van der Waals surface area contributed by atoms with E-state index in [0.717, 1.165) is 0 Å². The summed E-state index contributed by atoms with van der Waals surface area (Å²) in [5, 5.41) is 18.9. The van der Waals surface area contributed by atoms with Crippen molar-refractivity contribution >= 4 is 0 Å². The van der Waals surface area contributed by atoms with Crippen LogP contribution in [-0.2, 0) is 18.9 Å². The van der Waals surface area contributed by atoms with Crippen molar-refractivity contribution in [2.75, 3.05) is 52.9 Å². The number of aliphatic hydroxyl groups excluding tert-OH is 2. The summed E-state index contributed by atoms with van der Waals surface area (Å²) in [6.07, 6.45) is 1.91. The minimum absolute atomic E-state index is 0. The van der Waals surface area contributed by atoms with E-state index in [4.69, 9.17) is 18.9 Å². The summed E-state index contributed by atoms with van der Waals surface area (Å²) in [7, 11) is 0. The Kier molecular flexibility index (Phi) is 39.0. The Hall–Kier alpha value is -0.760. The zero-order valence-electron chi connectivity index (χ0n) is 11.9. The standard InChI is InChI=1S/C14H26O6.4CH4/c1-3-5-17-9-13(15)11-19-7-8-20-12-14(16)10-18-6-4-2;;;;/h3-4,13-16H,1-2,5-12H2;4*1H4. The Morgan fingerprint density at radius 2 is 0.917 bits per heavy atom. The number of ether oxygens (including phenoxy) is 4. The van der Waals surface area contributed by atoms with Crippen molar-refractivity contribution in [3.05, 3.63) is 25.3 Å². The highest BCUT2D eigenvalue weighted by atomic mass is 16.5. The van der Waals surface area contributed by atoms with E-state index in [9.17, 15) is 10.2 Å². The van der Waals surface area contributed by atoms with Gasteiger partial charge in [0.15, 0.2) is 0 Å². The van der Waals surface area contributed by atoms with Gasteiger partial charge in [-0.3, -0.25) is 0 Å². The third-order valence-corrected chi connectivity index (χ3v) is 2.08. The fourth-order valence-electron chi connectivity index (χ4n) is 1.23. The van der Waals surface area contributed by atoms with Gasteiger partial charge < -0.3 is 29.2 Å². The van der Waals surface area contributed by atoms with E-state index >= 15 is 0 Å². The first-order chi connectivity index (χ1) is 9.70. The molecule has 6 nitrogen and oxygen atoms in total. The molecular weight excluding hydrogens is 312 g/mol. The molecule has 0 saturated heterocycles. The van der Waals surface area contributed by atoms with Crippen LogP contribution in [0.5, 0.6) is 0 Å². The van der Waals surface area contributed by atoms with Gasteiger partial charge in [0.2, 0.25) is 0 Å². The fourth-order valence-corrected chi connectivity index (χ4v) is 1.23. The van der Waals surface area contributed by atoms with Gasteiger partial charge in [0, 0.05) is 0 Å². The summed E-state index contributed by atoms with van der Waals surface area (Å²) in [4.78, 5) is 0. The maximum atomic E-state index is 9.45. The Morgan fingerprint density at radius 3 is 1.21 bits per heavy atom. The van der Waals surface area contributed by atoms with Crippen molar-refractivity contribution in [3.8, 4) is 0 Å². The van der Waals surface area contributed by atoms with Crippen LogP contribution in [0.2, 0.25) is 0 Å². The number of aliphatic hydroxyl groups is 2. The van der Waals surface area contributed by atoms with Gasteiger partial charge in [-0.2, -0.15) is 0 Å². The maximum Gasteiger partial charge on any atom is 0.101 e. The van der Waals surface area contributed by atoms with Crippen LogP contribution in [0.25, 0.3) is 0 Å². The van der Waals surface area contributed by atoms with E-state index in [-0.39, 0.29) is 56.1 Å². The second kappa shape index (κ2) is 27.1. The van der Waals surface area contributed by atoms with Gasteiger partial charge in [0.25, 0.3) is 0 Å². The SMILES string of the molecule is C.C.C.C.C=CCOCC(O)COCCOCC(O)COCC=C. The van der Waals surface area contributed by atoms with Crippen LogP contribution in [0.3, 0.4) is 0 Å². The normalized spacial score (nSPS) is 11.6. The van der Waals surface area contributed by atoms with Gasteiger partial charge in [-0.25, -0.2) is 0 Å². The summed E-state index contributed by atoms with van der Waals surface area (Å²) >= 11 is 0. The van der Waals surface area contributed by atoms with Gasteiger partial charge in [-0.05, 0) is 0 Å². The monoisotopic (exact) mass is 354 g/mol. The molecule has 0 bridgehead atoms. The Labute approximate surface area is 150 Å². The lowest BCUT2D eigenvalue weighted by molar-refractivity contribution is -0.0469. The minimum Gasteiger partial charge on any atom is -0.388 e. The van der Waals surface area contributed by atoms with Crippen LogP contribution in [0, 0.1) is 0 Å². The Morgan fingerprint density at radius 1 is 0.625 bits per heavy atom. The van der Waals surface area contributed by atoms with Crippen molar-refractivity contribution in [3.63, 3.8) is 0 Å². The molecule has 2 unspecified atom stereocenters. The summed E-state index contributed by atoms with van der Waals surface area (Å²) < 4.78 is 20.5. The molecule has 24 heavy (non-hydrogen) atoms. The molecule has 0 heterocycles. The zero-order valence-corrected chi connectivity index (χ0v) is 11.9. The van der Waals surface area contributed by atoms with E-state index < -0.39 is 12.2 Å². The molecule has 2 atom stereocenters. The molecule has 0 spiro atoms. The van der Waals surface area contributed by atoms with E-state index in [2.05, 4.69) is 13.2 Å². The van der Waals surface area contributed by atoms with E-state index in [1.54, 1.807) is 12.2 Å². The molecule has 0 aliphatic rings. The molecule has 0 saturated carbocycles. The van der Waals surface area contributed by atoms with E-state index in [1.165, 1.54) is 0 Å².